The summed E-state index contributed by atoms with van der Waals surface area (Å²) >= 11 is 5.54. The zero-order chi connectivity index (χ0) is 9.97. The first kappa shape index (κ1) is 10.7. The summed E-state index contributed by atoms with van der Waals surface area (Å²) in [6.07, 6.45) is 6.94. The molecule has 1 saturated carbocycles. The molecule has 1 fully saturated rings. The first-order valence-corrected chi connectivity index (χ1v) is 6.90. The quantitative estimate of drug-likeness (QED) is 0.866. The van der Waals surface area contributed by atoms with Crippen molar-refractivity contribution in [3.8, 4) is 0 Å². The third-order valence-corrected chi connectivity index (χ3v) is 5.18. The van der Waals surface area contributed by atoms with E-state index in [1.165, 1.54) is 46.3 Å². The topological polar surface area (TPSA) is 26.0 Å². The largest absolute Gasteiger partial charge is 0.326 e. The van der Waals surface area contributed by atoms with Crippen molar-refractivity contribution in [1.29, 1.82) is 0 Å². The molecule has 0 atom stereocenters. The lowest BCUT2D eigenvalue weighted by Gasteiger charge is -2.20. The molecule has 0 spiro atoms. The van der Waals surface area contributed by atoms with Gasteiger partial charge in [0.1, 0.15) is 0 Å². The molecule has 1 aromatic heterocycles. The number of thiophene rings is 1. The molecule has 1 heterocycles. The molecular weight excluding hydrogens is 258 g/mol. The maximum Gasteiger partial charge on any atom is 0.0320 e. The van der Waals surface area contributed by atoms with E-state index in [0.717, 1.165) is 5.92 Å². The zero-order valence-electron chi connectivity index (χ0n) is 8.26. The van der Waals surface area contributed by atoms with Crippen LogP contribution in [0.3, 0.4) is 0 Å². The lowest BCUT2D eigenvalue weighted by molar-refractivity contribution is 0.447. The summed E-state index contributed by atoms with van der Waals surface area (Å²) in [7, 11) is 0. The molecule has 0 aromatic carbocycles. The highest BCUT2D eigenvalue weighted by molar-refractivity contribution is 9.10. The molecule has 1 nitrogen and oxygen atoms in total. The van der Waals surface area contributed by atoms with Crippen molar-refractivity contribution >= 4 is 27.3 Å². The van der Waals surface area contributed by atoms with E-state index < -0.39 is 0 Å². The SMILES string of the molecule is NCc1cc(Br)c(C2CCCCC2)s1. The summed E-state index contributed by atoms with van der Waals surface area (Å²) in [5.74, 6) is 0.795. The number of rotatable bonds is 2. The minimum atomic E-state index is 0.677. The second kappa shape index (κ2) is 4.77. The predicted molar refractivity (Wildman–Crippen MR) is 65.7 cm³/mol. The molecule has 0 radical (unpaired) electrons. The molecule has 1 aromatic rings. The standard InChI is InChI=1S/C11H16BrNS/c12-10-6-9(7-13)14-11(10)8-4-2-1-3-5-8/h6,8H,1-5,7,13H2. The molecule has 0 aliphatic heterocycles. The van der Waals surface area contributed by atoms with Gasteiger partial charge in [-0.1, -0.05) is 19.3 Å². The van der Waals surface area contributed by atoms with E-state index >= 15 is 0 Å². The van der Waals surface area contributed by atoms with E-state index in [1.807, 2.05) is 11.3 Å². The van der Waals surface area contributed by atoms with Gasteiger partial charge in [0.25, 0.3) is 0 Å². The van der Waals surface area contributed by atoms with Gasteiger partial charge in [-0.3, -0.25) is 0 Å². The van der Waals surface area contributed by atoms with Gasteiger partial charge in [0.2, 0.25) is 0 Å². The Kier molecular flexibility index (Phi) is 3.63. The number of halogens is 1. The molecule has 0 saturated heterocycles. The lowest BCUT2D eigenvalue weighted by atomic mass is 9.88. The van der Waals surface area contributed by atoms with Crippen LogP contribution in [0.15, 0.2) is 10.5 Å². The van der Waals surface area contributed by atoms with Crippen LogP contribution in [0.4, 0.5) is 0 Å². The molecule has 1 aliphatic carbocycles. The normalized spacial score (nSPS) is 18.7. The minimum Gasteiger partial charge on any atom is -0.326 e. The summed E-state index contributed by atoms with van der Waals surface area (Å²) in [5.41, 5.74) is 5.65. The summed E-state index contributed by atoms with van der Waals surface area (Å²) in [5, 5.41) is 0. The fraction of sp³-hybridized carbons (Fsp3) is 0.636. The summed E-state index contributed by atoms with van der Waals surface area (Å²) in [6, 6.07) is 2.19. The Bertz CT molecular complexity index is 302. The minimum absolute atomic E-state index is 0.677. The lowest BCUT2D eigenvalue weighted by Crippen LogP contribution is -2.02. The van der Waals surface area contributed by atoms with Crippen LogP contribution in [-0.2, 0) is 6.54 Å². The van der Waals surface area contributed by atoms with Gasteiger partial charge in [0.05, 0.1) is 0 Å². The van der Waals surface area contributed by atoms with Crippen LogP contribution >= 0.6 is 27.3 Å². The maximum atomic E-state index is 5.65. The monoisotopic (exact) mass is 273 g/mol. The zero-order valence-corrected chi connectivity index (χ0v) is 10.7. The summed E-state index contributed by atoms with van der Waals surface area (Å²) in [4.78, 5) is 2.84. The molecule has 2 N–H and O–H groups in total. The van der Waals surface area contributed by atoms with E-state index in [2.05, 4.69) is 22.0 Å². The molecule has 0 bridgehead atoms. The molecule has 14 heavy (non-hydrogen) atoms. The summed E-state index contributed by atoms with van der Waals surface area (Å²) < 4.78 is 1.29. The van der Waals surface area contributed by atoms with Crippen LogP contribution < -0.4 is 5.73 Å². The predicted octanol–water partition coefficient (Wildman–Crippen LogP) is 4.02. The van der Waals surface area contributed by atoms with Gasteiger partial charge in [-0.2, -0.15) is 0 Å². The molecule has 78 valence electrons. The van der Waals surface area contributed by atoms with Gasteiger partial charge in [-0.25, -0.2) is 0 Å². The van der Waals surface area contributed by atoms with Crippen LogP contribution in [0.25, 0.3) is 0 Å². The average molecular weight is 274 g/mol. The number of hydrogen-bond acceptors (Lipinski definition) is 2. The Morgan fingerprint density at radius 3 is 2.64 bits per heavy atom. The van der Waals surface area contributed by atoms with Crippen molar-refractivity contribution in [3.05, 3.63) is 20.3 Å². The molecular formula is C11H16BrNS. The van der Waals surface area contributed by atoms with Crippen molar-refractivity contribution in [1.82, 2.24) is 0 Å². The van der Waals surface area contributed by atoms with Gasteiger partial charge < -0.3 is 5.73 Å². The highest BCUT2D eigenvalue weighted by Crippen LogP contribution is 2.40. The van der Waals surface area contributed by atoms with Gasteiger partial charge in [-0.15, -0.1) is 11.3 Å². The van der Waals surface area contributed by atoms with Crippen LogP contribution in [0.2, 0.25) is 0 Å². The van der Waals surface area contributed by atoms with Crippen molar-refractivity contribution < 1.29 is 0 Å². The Labute approximate surface area is 97.8 Å². The number of hydrogen-bond donors (Lipinski definition) is 1. The third-order valence-electron chi connectivity index (χ3n) is 2.94. The maximum absolute atomic E-state index is 5.65. The van der Waals surface area contributed by atoms with Crippen LogP contribution in [0.1, 0.15) is 47.8 Å². The van der Waals surface area contributed by atoms with Gasteiger partial charge in [0.15, 0.2) is 0 Å². The smallest absolute Gasteiger partial charge is 0.0320 e. The van der Waals surface area contributed by atoms with E-state index in [4.69, 9.17) is 5.73 Å². The van der Waals surface area contributed by atoms with Crippen molar-refractivity contribution in [2.75, 3.05) is 0 Å². The fourth-order valence-electron chi connectivity index (χ4n) is 2.18. The molecule has 3 heteroatoms. The Morgan fingerprint density at radius 1 is 1.36 bits per heavy atom. The van der Waals surface area contributed by atoms with Gasteiger partial charge >= 0.3 is 0 Å². The number of nitrogens with two attached hydrogens (primary N) is 1. The first-order chi connectivity index (χ1) is 6.81. The van der Waals surface area contributed by atoms with Gasteiger partial charge in [0, 0.05) is 20.8 Å². The van der Waals surface area contributed by atoms with Crippen LogP contribution in [0.5, 0.6) is 0 Å². The molecule has 0 amide bonds. The first-order valence-electron chi connectivity index (χ1n) is 5.29. The average Bonchev–Trinajstić information content (AvgIpc) is 2.61. The van der Waals surface area contributed by atoms with E-state index in [9.17, 15) is 0 Å². The Hall–Kier alpha value is 0.140. The van der Waals surface area contributed by atoms with Crippen molar-refractivity contribution in [3.63, 3.8) is 0 Å². The van der Waals surface area contributed by atoms with E-state index in [0.29, 0.717) is 6.54 Å². The molecule has 0 unspecified atom stereocenters. The van der Waals surface area contributed by atoms with Crippen LogP contribution in [-0.4, -0.2) is 0 Å². The van der Waals surface area contributed by atoms with Gasteiger partial charge in [-0.05, 0) is 40.8 Å². The second-order valence-electron chi connectivity index (χ2n) is 3.96. The Balaban J connectivity index is 2.17. The van der Waals surface area contributed by atoms with Crippen molar-refractivity contribution in [2.45, 2.75) is 44.6 Å². The van der Waals surface area contributed by atoms with E-state index in [1.54, 1.807) is 0 Å². The second-order valence-corrected chi connectivity index (χ2v) is 5.99. The Morgan fingerprint density at radius 2 is 2.07 bits per heavy atom. The summed E-state index contributed by atoms with van der Waals surface area (Å²) in [6.45, 7) is 0.677. The van der Waals surface area contributed by atoms with E-state index in [-0.39, 0.29) is 0 Å². The molecule has 2 rings (SSSR count). The van der Waals surface area contributed by atoms with Crippen LogP contribution in [0, 0.1) is 0 Å². The highest BCUT2D eigenvalue weighted by atomic mass is 79.9. The third kappa shape index (κ3) is 2.20. The fourth-order valence-corrected chi connectivity index (χ4v) is 4.27. The highest BCUT2D eigenvalue weighted by Gasteiger charge is 2.19. The molecule has 1 aliphatic rings. The van der Waals surface area contributed by atoms with Crippen molar-refractivity contribution in [2.24, 2.45) is 5.73 Å².